The fourth-order valence-corrected chi connectivity index (χ4v) is 3.40. The average Bonchev–Trinajstić information content (AvgIpc) is 3.32. The fourth-order valence-electron chi connectivity index (χ4n) is 3.40. The summed E-state index contributed by atoms with van der Waals surface area (Å²) in [6.45, 7) is 8.93. The first-order valence-corrected chi connectivity index (χ1v) is 9.54. The van der Waals surface area contributed by atoms with Crippen LogP contribution in [0.3, 0.4) is 0 Å². The summed E-state index contributed by atoms with van der Waals surface area (Å²) in [5.41, 5.74) is 2.39. The van der Waals surface area contributed by atoms with Gasteiger partial charge < -0.3 is 10.1 Å². The Hall–Kier alpha value is -2.90. The summed E-state index contributed by atoms with van der Waals surface area (Å²) in [4.78, 5) is 16.3. The number of aromatic nitrogens is 5. The number of nitrogens with one attached hydrogen (secondary N) is 1. The highest BCUT2D eigenvalue weighted by Crippen LogP contribution is 2.31. The van der Waals surface area contributed by atoms with Gasteiger partial charge in [-0.15, -0.1) is 0 Å². The van der Waals surface area contributed by atoms with Crippen LogP contribution in [0.15, 0.2) is 24.7 Å². The third-order valence-electron chi connectivity index (χ3n) is 5.12. The molecule has 3 aromatic rings. The van der Waals surface area contributed by atoms with Crippen molar-refractivity contribution < 1.29 is 9.53 Å². The number of hydrogen-bond acceptors (Lipinski definition) is 5. The largest absolute Gasteiger partial charge is 0.474 e. The molecule has 0 radical (unpaired) electrons. The van der Waals surface area contributed by atoms with Crippen molar-refractivity contribution in [3.8, 4) is 17.1 Å². The van der Waals surface area contributed by atoms with E-state index in [0.717, 1.165) is 22.2 Å². The average molecular weight is 382 g/mol. The van der Waals surface area contributed by atoms with Crippen LogP contribution in [0.4, 0.5) is 0 Å². The number of fused-ring (bicyclic) bond motifs is 1. The molecule has 8 heteroatoms. The van der Waals surface area contributed by atoms with Gasteiger partial charge in [0, 0.05) is 43.9 Å². The summed E-state index contributed by atoms with van der Waals surface area (Å²) in [6, 6.07) is 1.96. The molecule has 4 rings (SSSR count). The molecule has 1 saturated heterocycles. The molecule has 1 aliphatic rings. The molecule has 1 aliphatic heterocycles. The lowest BCUT2D eigenvalue weighted by Crippen LogP contribution is -2.26. The van der Waals surface area contributed by atoms with Gasteiger partial charge in [0.15, 0.2) is 0 Å². The van der Waals surface area contributed by atoms with Crippen molar-refractivity contribution in [1.29, 1.82) is 0 Å². The smallest absolute Gasteiger partial charge is 0.225 e. The van der Waals surface area contributed by atoms with Crippen LogP contribution >= 0.6 is 0 Å². The Morgan fingerprint density at radius 2 is 2.11 bits per heavy atom. The van der Waals surface area contributed by atoms with Crippen molar-refractivity contribution in [2.75, 3.05) is 6.54 Å². The van der Waals surface area contributed by atoms with Gasteiger partial charge in [0.25, 0.3) is 0 Å². The quantitative estimate of drug-likeness (QED) is 0.749. The Labute approximate surface area is 163 Å². The molecule has 0 aliphatic carbocycles. The van der Waals surface area contributed by atoms with Crippen molar-refractivity contribution >= 4 is 16.8 Å². The molecule has 1 N–H and O–H groups in total. The van der Waals surface area contributed by atoms with Crippen LogP contribution in [0.2, 0.25) is 0 Å². The van der Waals surface area contributed by atoms with Gasteiger partial charge in [-0.25, -0.2) is 4.98 Å². The number of pyridine rings is 1. The number of amides is 1. The van der Waals surface area contributed by atoms with Gasteiger partial charge in [-0.1, -0.05) is 0 Å². The topological polar surface area (TPSA) is 86.9 Å². The predicted octanol–water partition coefficient (Wildman–Crippen LogP) is 2.49. The second-order valence-electron chi connectivity index (χ2n) is 8.48. The van der Waals surface area contributed by atoms with Crippen LogP contribution in [-0.2, 0) is 17.4 Å². The van der Waals surface area contributed by atoms with Crippen molar-refractivity contribution in [2.45, 2.75) is 45.8 Å². The highest BCUT2D eigenvalue weighted by atomic mass is 16.5. The number of ether oxygens (including phenoxy) is 1. The zero-order valence-electron chi connectivity index (χ0n) is 16.9. The molecule has 0 aromatic carbocycles. The summed E-state index contributed by atoms with van der Waals surface area (Å²) in [6.07, 6.45) is 6.06. The van der Waals surface area contributed by atoms with Gasteiger partial charge in [0.05, 0.1) is 28.3 Å². The Morgan fingerprint density at radius 3 is 2.75 bits per heavy atom. The molecule has 0 saturated carbocycles. The molecule has 2 atom stereocenters. The summed E-state index contributed by atoms with van der Waals surface area (Å²) < 4.78 is 9.90. The second-order valence-corrected chi connectivity index (χ2v) is 8.48. The van der Waals surface area contributed by atoms with Crippen LogP contribution in [0.5, 0.6) is 5.88 Å². The Kier molecular flexibility index (Phi) is 4.36. The number of carbonyl (C=O) groups is 1. The lowest BCUT2D eigenvalue weighted by molar-refractivity contribution is -0.119. The predicted molar refractivity (Wildman–Crippen MR) is 106 cm³/mol. The van der Waals surface area contributed by atoms with Gasteiger partial charge in [-0.2, -0.15) is 10.2 Å². The van der Waals surface area contributed by atoms with Crippen LogP contribution in [0, 0.1) is 5.92 Å². The molecule has 1 fully saturated rings. The highest BCUT2D eigenvalue weighted by Gasteiger charge is 2.29. The van der Waals surface area contributed by atoms with Gasteiger partial charge in [0.1, 0.15) is 6.10 Å². The van der Waals surface area contributed by atoms with E-state index < -0.39 is 0 Å². The van der Waals surface area contributed by atoms with Crippen LogP contribution in [0.1, 0.15) is 34.1 Å². The van der Waals surface area contributed by atoms with Gasteiger partial charge >= 0.3 is 0 Å². The molecule has 148 valence electrons. The lowest BCUT2D eigenvalue weighted by atomic mass is 10.0. The number of hydrogen-bond donors (Lipinski definition) is 1. The molecular weight excluding hydrogens is 356 g/mol. The van der Waals surface area contributed by atoms with Crippen LogP contribution in [-0.4, -0.2) is 43.1 Å². The zero-order chi connectivity index (χ0) is 20.1. The Balaban J connectivity index is 1.71. The number of rotatable bonds is 4. The first kappa shape index (κ1) is 18.5. The molecule has 2 unspecified atom stereocenters. The van der Waals surface area contributed by atoms with E-state index in [1.54, 1.807) is 4.68 Å². The van der Waals surface area contributed by atoms with E-state index in [-0.39, 0.29) is 23.5 Å². The zero-order valence-corrected chi connectivity index (χ0v) is 16.9. The first-order chi connectivity index (χ1) is 13.2. The standard InChI is InChI=1S/C20H26N6O2/c1-12(13-6-18(27)21-8-13)28-19-15-11-25(5)24-17(15)7-16(23-19)14-9-22-26(10-14)20(2,3)4/h7,9-13H,6,8H2,1-5H3,(H,21,27). The number of aryl methyl sites for hydroxylation is 1. The molecule has 28 heavy (non-hydrogen) atoms. The first-order valence-electron chi connectivity index (χ1n) is 9.54. The van der Waals surface area contributed by atoms with E-state index in [1.807, 2.05) is 43.3 Å². The third-order valence-corrected chi connectivity index (χ3v) is 5.12. The summed E-state index contributed by atoms with van der Waals surface area (Å²) in [7, 11) is 1.88. The second kappa shape index (κ2) is 6.61. The van der Waals surface area contributed by atoms with Crippen LogP contribution < -0.4 is 10.1 Å². The molecule has 1 amide bonds. The minimum absolute atomic E-state index is 0.0725. The van der Waals surface area contributed by atoms with Crippen molar-refractivity contribution in [3.63, 3.8) is 0 Å². The fraction of sp³-hybridized carbons (Fsp3) is 0.500. The maximum atomic E-state index is 11.5. The Bertz CT molecular complexity index is 1030. The van der Waals surface area contributed by atoms with E-state index >= 15 is 0 Å². The van der Waals surface area contributed by atoms with E-state index in [2.05, 4.69) is 36.3 Å². The van der Waals surface area contributed by atoms with E-state index in [1.165, 1.54) is 0 Å². The SMILES string of the molecule is CC(Oc1nc(-c2cnn(C(C)(C)C)c2)cc2nn(C)cc12)C1CNC(=O)C1. The molecule has 0 spiro atoms. The van der Waals surface area contributed by atoms with Crippen molar-refractivity contribution in [1.82, 2.24) is 29.9 Å². The van der Waals surface area contributed by atoms with Gasteiger partial charge in [-0.05, 0) is 33.8 Å². The maximum Gasteiger partial charge on any atom is 0.225 e. The van der Waals surface area contributed by atoms with Crippen molar-refractivity contribution in [3.05, 3.63) is 24.7 Å². The lowest BCUT2D eigenvalue weighted by Gasteiger charge is -2.19. The molecule has 3 aromatic heterocycles. The number of carbonyl (C=O) groups excluding carboxylic acids is 1. The maximum absolute atomic E-state index is 11.5. The number of nitrogens with zero attached hydrogens (tertiary/aromatic N) is 5. The monoisotopic (exact) mass is 382 g/mol. The van der Waals surface area contributed by atoms with E-state index in [0.29, 0.717) is 18.8 Å². The summed E-state index contributed by atoms with van der Waals surface area (Å²) in [5, 5.41) is 12.7. The molecule has 0 bridgehead atoms. The normalized spacial score (nSPS) is 18.5. The Morgan fingerprint density at radius 1 is 1.32 bits per heavy atom. The highest BCUT2D eigenvalue weighted by molar-refractivity contribution is 5.86. The molecule has 8 nitrogen and oxygen atoms in total. The minimum Gasteiger partial charge on any atom is -0.474 e. The summed E-state index contributed by atoms with van der Waals surface area (Å²) in [5.74, 6) is 0.743. The van der Waals surface area contributed by atoms with E-state index in [4.69, 9.17) is 9.72 Å². The molecule has 4 heterocycles. The van der Waals surface area contributed by atoms with Crippen molar-refractivity contribution in [2.24, 2.45) is 13.0 Å². The van der Waals surface area contributed by atoms with Gasteiger partial charge in [0.2, 0.25) is 11.8 Å². The van der Waals surface area contributed by atoms with E-state index in [9.17, 15) is 4.79 Å². The van der Waals surface area contributed by atoms with Gasteiger partial charge in [-0.3, -0.25) is 14.2 Å². The third kappa shape index (κ3) is 3.46. The minimum atomic E-state index is -0.137. The molecular formula is C20H26N6O2. The summed E-state index contributed by atoms with van der Waals surface area (Å²) >= 11 is 0. The van der Waals surface area contributed by atoms with Crippen LogP contribution in [0.25, 0.3) is 22.2 Å².